The molecule has 2 aromatic rings. The van der Waals surface area contributed by atoms with Gasteiger partial charge >= 0.3 is 0 Å². The van der Waals surface area contributed by atoms with E-state index in [1.165, 1.54) is 12.0 Å². The molecule has 5 heteroatoms. The number of aromatic nitrogens is 2. The molecule has 0 saturated carbocycles. The summed E-state index contributed by atoms with van der Waals surface area (Å²) in [5.41, 5.74) is 3.07. The van der Waals surface area contributed by atoms with Crippen molar-refractivity contribution in [3.8, 4) is 6.07 Å². The normalized spacial score (nSPS) is 18.2. The third-order valence-corrected chi connectivity index (χ3v) is 4.41. The summed E-state index contributed by atoms with van der Waals surface area (Å²) in [6.45, 7) is 3.48. The number of nitriles is 1. The highest BCUT2D eigenvalue weighted by Gasteiger charge is 2.22. The molecule has 0 N–H and O–H groups in total. The first-order valence-electron chi connectivity index (χ1n) is 8.30. The van der Waals surface area contributed by atoms with Crippen molar-refractivity contribution in [3.63, 3.8) is 0 Å². The van der Waals surface area contributed by atoms with Crippen molar-refractivity contribution in [1.82, 2.24) is 14.9 Å². The Morgan fingerprint density at radius 2 is 2.12 bits per heavy atom. The molecule has 0 aliphatic carbocycles. The zero-order chi connectivity index (χ0) is 16.8. The Morgan fingerprint density at radius 1 is 1.29 bits per heavy atom. The van der Waals surface area contributed by atoms with E-state index in [1.807, 2.05) is 36.5 Å². The summed E-state index contributed by atoms with van der Waals surface area (Å²) in [5, 5.41) is 8.89. The van der Waals surface area contributed by atoms with Crippen molar-refractivity contribution in [3.05, 3.63) is 59.2 Å². The predicted molar refractivity (Wildman–Crippen MR) is 91.2 cm³/mol. The average molecular weight is 322 g/mol. The number of ether oxygens (including phenoxy) is 1. The average Bonchev–Trinajstić information content (AvgIpc) is 2.63. The highest BCUT2D eigenvalue weighted by molar-refractivity contribution is 5.31. The number of likely N-dealkylation sites (tertiary alicyclic amines) is 1. The van der Waals surface area contributed by atoms with Crippen molar-refractivity contribution in [2.45, 2.75) is 31.9 Å². The highest BCUT2D eigenvalue weighted by Crippen LogP contribution is 2.26. The van der Waals surface area contributed by atoms with Crippen LogP contribution in [0.15, 0.2) is 36.5 Å². The fourth-order valence-corrected chi connectivity index (χ4v) is 3.22. The third-order valence-electron chi connectivity index (χ3n) is 4.41. The summed E-state index contributed by atoms with van der Waals surface area (Å²) < 4.78 is 5.13. The van der Waals surface area contributed by atoms with Gasteiger partial charge in [-0.2, -0.15) is 5.26 Å². The fraction of sp³-hybridized carbons (Fsp3) is 0.421. The number of hydrogen-bond acceptors (Lipinski definition) is 5. The molecule has 0 spiro atoms. The molecule has 1 aromatic heterocycles. The van der Waals surface area contributed by atoms with Gasteiger partial charge in [0, 0.05) is 38.0 Å². The second kappa shape index (κ2) is 8.00. The monoisotopic (exact) mass is 322 g/mol. The minimum atomic E-state index is 0.440. The van der Waals surface area contributed by atoms with Crippen LogP contribution in [0.25, 0.3) is 0 Å². The van der Waals surface area contributed by atoms with E-state index in [0.717, 1.165) is 37.6 Å². The minimum absolute atomic E-state index is 0.440. The van der Waals surface area contributed by atoms with Gasteiger partial charge in [-0.25, -0.2) is 9.97 Å². The van der Waals surface area contributed by atoms with Gasteiger partial charge in [-0.15, -0.1) is 0 Å². The Bertz CT molecular complexity index is 708. The molecule has 0 amide bonds. The Balaban J connectivity index is 1.65. The van der Waals surface area contributed by atoms with Crippen molar-refractivity contribution >= 4 is 0 Å². The van der Waals surface area contributed by atoms with Crippen LogP contribution in [0.4, 0.5) is 0 Å². The van der Waals surface area contributed by atoms with E-state index in [1.54, 1.807) is 7.11 Å². The third kappa shape index (κ3) is 4.16. The van der Waals surface area contributed by atoms with E-state index < -0.39 is 0 Å². The molecule has 5 nitrogen and oxygen atoms in total. The number of nitrogens with zero attached hydrogens (tertiary/aromatic N) is 4. The molecule has 0 bridgehead atoms. The van der Waals surface area contributed by atoms with E-state index in [-0.39, 0.29) is 0 Å². The summed E-state index contributed by atoms with van der Waals surface area (Å²) in [4.78, 5) is 11.4. The fourth-order valence-electron chi connectivity index (χ4n) is 3.22. The molecule has 24 heavy (non-hydrogen) atoms. The van der Waals surface area contributed by atoms with Crippen molar-refractivity contribution < 1.29 is 4.74 Å². The minimum Gasteiger partial charge on any atom is -0.377 e. The molecule has 124 valence electrons. The number of hydrogen-bond donors (Lipinski definition) is 0. The maximum absolute atomic E-state index is 8.89. The van der Waals surface area contributed by atoms with Gasteiger partial charge in [0.25, 0.3) is 0 Å². The second-order valence-corrected chi connectivity index (χ2v) is 6.21. The van der Waals surface area contributed by atoms with Crippen LogP contribution < -0.4 is 0 Å². The van der Waals surface area contributed by atoms with Crippen LogP contribution in [0, 0.1) is 11.3 Å². The first kappa shape index (κ1) is 16.6. The molecule has 1 unspecified atom stereocenters. The number of piperidine rings is 1. The van der Waals surface area contributed by atoms with Crippen LogP contribution in [0.1, 0.15) is 41.4 Å². The van der Waals surface area contributed by atoms with E-state index in [9.17, 15) is 0 Å². The quantitative estimate of drug-likeness (QED) is 0.847. The Hall–Kier alpha value is -2.29. The van der Waals surface area contributed by atoms with E-state index >= 15 is 0 Å². The molecule has 1 atom stereocenters. The van der Waals surface area contributed by atoms with Crippen LogP contribution in [0.3, 0.4) is 0 Å². The molecule has 0 radical (unpaired) electrons. The van der Waals surface area contributed by atoms with E-state index in [2.05, 4.69) is 20.9 Å². The van der Waals surface area contributed by atoms with Crippen molar-refractivity contribution in [2.24, 2.45) is 0 Å². The highest BCUT2D eigenvalue weighted by atomic mass is 16.5. The number of rotatable bonds is 5. The SMILES string of the molecule is COCc1nccc(C2CCCN(Cc3ccc(C#N)cc3)C2)n1. The van der Waals surface area contributed by atoms with Gasteiger partial charge in [0.1, 0.15) is 6.61 Å². The maximum Gasteiger partial charge on any atom is 0.154 e. The van der Waals surface area contributed by atoms with Crippen molar-refractivity contribution in [1.29, 1.82) is 5.26 Å². The summed E-state index contributed by atoms with van der Waals surface area (Å²) in [7, 11) is 1.66. The lowest BCUT2D eigenvalue weighted by Crippen LogP contribution is -2.34. The maximum atomic E-state index is 8.89. The number of benzene rings is 1. The Labute approximate surface area is 142 Å². The Morgan fingerprint density at radius 3 is 2.88 bits per heavy atom. The summed E-state index contributed by atoms with van der Waals surface area (Å²) in [6, 6.07) is 12.1. The molecule has 1 fully saturated rings. The topological polar surface area (TPSA) is 62.0 Å². The lowest BCUT2D eigenvalue weighted by Gasteiger charge is -2.32. The molecule has 3 rings (SSSR count). The molecular weight excluding hydrogens is 300 g/mol. The van der Waals surface area contributed by atoms with Gasteiger partial charge in [-0.1, -0.05) is 12.1 Å². The summed E-state index contributed by atoms with van der Waals surface area (Å²) in [5.74, 6) is 1.19. The lowest BCUT2D eigenvalue weighted by molar-refractivity contribution is 0.176. The van der Waals surface area contributed by atoms with Crippen LogP contribution in [0.5, 0.6) is 0 Å². The predicted octanol–water partition coefficient (Wildman–Crippen LogP) is 2.87. The van der Waals surface area contributed by atoms with Gasteiger partial charge in [-0.3, -0.25) is 4.90 Å². The van der Waals surface area contributed by atoms with Gasteiger partial charge in [0.15, 0.2) is 5.82 Å². The summed E-state index contributed by atoms with van der Waals surface area (Å²) >= 11 is 0. The standard InChI is InChI=1S/C19H22N4O/c1-24-14-19-21-9-8-18(22-19)17-3-2-10-23(13-17)12-16-6-4-15(11-20)5-7-16/h4-9,17H,2-3,10,12-14H2,1H3. The molecular formula is C19H22N4O. The lowest BCUT2D eigenvalue weighted by atomic mass is 9.94. The Kier molecular flexibility index (Phi) is 5.52. The first-order valence-corrected chi connectivity index (χ1v) is 8.30. The van der Waals surface area contributed by atoms with Gasteiger partial charge < -0.3 is 4.74 Å². The van der Waals surface area contributed by atoms with Crippen LogP contribution in [-0.2, 0) is 17.9 Å². The van der Waals surface area contributed by atoms with E-state index in [4.69, 9.17) is 10.00 Å². The van der Waals surface area contributed by atoms with Gasteiger partial charge in [0.2, 0.25) is 0 Å². The van der Waals surface area contributed by atoms with E-state index in [0.29, 0.717) is 18.1 Å². The van der Waals surface area contributed by atoms with Crippen molar-refractivity contribution in [2.75, 3.05) is 20.2 Å². The van der Waals surface area contributed by atoms with Gasteiger partial charge in [0.05, 0.1) is 11.6 Å². The molecule has 2 heterocycles. The zero-order valence-electron chi connectivity index (χ0n) is 14.0. The van der Waals surface area contributed by atoms with Crippen LogP contribution >= 0.6 is 0 Å². The molecule has 1 aliphatic heterocycles. The second-order valence-electron chi connectivity index (χ2n) is 6.21. The summed E-state index contributed by atoms with van der Waals surface area (Å²) in [6.07, 6.45) is 4.16. The smallest absolute Gasteiger partial charge is 0.154 e. The molecule has 1 saturated heterocycles. The largest absolute Gasteiger partial charge is 0.377 e. The zero-order valence-corrected chi connectivity index (χ0v) is 14.0. The van der Waals surface area contributed by atoms with Crippen LogP contribution in [0.2, 0.25) is 0 Å². The molecule has 1 aliphatic rings. The van der Waals surface area contributed by atoms with Crippen LogP contribution in [-0.4, -0.2) is 35.1 Å². The molecule has 1 aromatic carbocycles. The number of methoxy groups -OCH3 is 1. The van der Waals surface area contributed by atoms with Gasteiger partial charge in [-0.05, 0) is 43.1 Å². The first-order chi connectivity index (χ1) is 11.8.